The molecule has 10 heteroatoms. The van der Waals surface area contributed by atoms with E-state index in [1.54, 1.807) is 11.6 Å². The Morgan fingerprint density at radius 3 is 2.69 bits per heavy atom. The minimum atomic E-state index is -0.694. The lowest BCUT2D eigenvalue weighted by atomic mass is 10.1. The summed E-state index contributed by atoms with van der Waals surface area (Å²) in [5.41, 5.74) is 6.02. The predicted molar refractivity (Wildman–Crippen MR) is 94.7 cm³/mol. The zero-order valence-electron chi connectivity index (χ0n) is 15.5. The largest absolute Gasteiger partial charge is 0.417 e. The van der Waals surface area contributed by atoms with Crippen LogP contribution in [-0.2, 0) is 9.59 Å². The molecule has 4 amide bonds. The van der Waals surface area contributed by atoms with Crippen molar-refractivity contribution >= 4 is 35.4 Å². The molecule has 2 N–H and O–H groups in total. The number of amides is 4. The number of carbonyl (C=O) groups excluding carboxylic acids is 3. The van der Waals surface area contributed by atoms with E-state index in [-0.39, 0.29) is 18.5 Å². The molecule has 26 heavy (non-hydrogen) atoms. The summed E-state index contributed by atoms with van der Waals surface area (Å²) in [5.74, 6) is 0.247. The molecule has 0 spiro atoms. The Bertz CT molecular complexity index is 768. The van der Waals surface area contributed by atoms with E-state index in [1.165, 1.54) is 14.8 Å². The number of guanidine groups is 1. The van der Waals surface area contributed by atoms with Crippen molar-refractivity contribution in [3.05, 3.63) is 0 Å². The van der Waals surface area contributed by atoms with E-state index < -0.39 is 11.9 Å². The molecule has 0 aromatic carbocycles. The summed E-state index contributed by atoms with van der Waals surface area (Å²) in [4.78, 5) is 44.2. The van der Waals surface area contributed by atoms with Gasteiger partial charge in [-0.1, -0.05) is 18.8 Å². The Balaban J connectivity index is 1.95. The topological polar surface area (TPSA) is 115 Å². The molecule has 0 aliphatic carbocycles. The zero-order valence-corrected chi connectivity index (χ0v) is 15.5. The van der Waals surface area contributed by atoms with Crippen LogP contribution in [0.2, 0.25) is 0 Å². The minimum absolute atomic E-state index is 0.143. The van der Waals surface area contributed by atoms with Gasteiger partial charge < -0.3 is 5.73 Å². The third-order valence-electron chi connectivity index (χ3n) is 4.55. The van der Waals surface area contributed by atoms with Crippen LogP contribution in [0.4, 0.5) is 4.79 Å². The Kier molecular flexibility index (Phi) is 4.51. The predicted octanol–water partition coefficient (Wildman–Crippen LogP) is -0.747. The summed E-state index contributed by atoms with van der Waals surface area (Å²) in [7, 11) is 1.61. The van der Waals surface area contributed by atoms with Gasteiger partial charge in [0.25, 0.3) is 11.8 Å². The molecule has 1 atom stereocenters. The zero-order chi connectivity index (χ0) is 19.2. The van der Waals surface area contributed by atoms with Crippen LogP contribution in [0.3, 0.4) is 0 Å². The van der Waals surface area contributed by atoms with Gasteiger partial charge in [-0.15, -0.1) is 10.1 Å². The van der Waals surface area contributed by atoms with E-state index in [0.29, 0.717) is 30.8 Å². The normalized spacial score (nSPS) is 22.7. The number of hydrogen-bond acceptors (Lipinski definition) is 6. The van der Waals surface area contributed by atoms with Crippen molar-refractivity contribution in [1.82, 2.24) is 14.8 Å². The number of fused-ring (bicyclic) bond motifs is 2. The highest BCUT2D eigenvalue weighted by Gasteiger charge is 2.54. The number of aliphatic imine (C=N–C) groups is 1. The van der Waals surface area contributed by atoms with Gasteiger partial charge in [0.15, 0.2) is 6.54 Å². The van der Waals surface area contributed by atoms with Crippen LogP contribution in [0.15, 0.2) is 10.1 Å². The molecule has 3 aliphatic heterocycles. The summed E-state index contributed by atoms with van der Waals surface area (Å²) in [5, 5.41) is 5.69. The number of nitrogens with zero attached hydrogens (tertiary/aromatic N) is 6. The fourth-order valence-corrected chi connectivity index (χ4v) is 3.25. The van der Waals surface area contributed by atoms with Gasteiger partial charge in [-0.25, -0.2) is 9.37 Å². The molecular formula is C16H24N7O3+. The molecule has 0 radical (unpaired) electrons. The fraction of sp³-hybridized carbons (Fsp3) is 0.625. The maximum atomic E-state index is 13.1. The van der Waals surface area contributed by atoms with Crippen LogP contribution in [0.5, 0.6) is 0 Å². The molecule has 1 fully saturated rings. The van der Waals surface area contributed by atoms with Gasteiger partial charge in [0.1, 0.15) is 6.54 Å². The number of carbonyl (C=O) groups is 3. The first-order valence-electron chi connectivity index (χ1n) is 8.62. The number of hydrogen-bond donors (Lipinski definition) is 1. The van der Waals surface area contributed by atoms with Crippen LogP contribution in [0.25, 0.3) is 0 Å². The average molecular weight is 362 g/mol. The van der Waals surface area contributed by atoms with Gasteiger partial charge in [0.2, 0.25) is 11.9 Å². The Morgan fingerprint density at radius 1 is 1.38 bits per heavy atom. The molecular weight excluding hydrogens is 338 g/mol. The molecule has 0 aromatic rings. The van der Waals surface area contributed by atoms with E-state index in [9.17, 15) is 14.4 Å². The van der Waals surface area contributed by atoms with Crippen molar-refractivity contribution in [2.45, 2.75) is 33.2 Å². The molecule has 1 saturated heterocycles. The second-order valence-electron chi connectivity index (χ2n) is 7.17. The van der Waals surface area contributed by atoms with Crippen LogP contribution >= 0.6 is 0 Å². The minimum Gasteiger partial charge on any atom is -0.367 e. The van der Waals surface area contributed by atoms with E-state index in [2.05, 4.69) is 10.1 Å². The SMILES string of the molecule is CC1=NN(CC(N)=O)C2=[N+](C1)C1C(=O)N(CCC(C)C)C(=O)N(C)C1=N2. The van der Waals surface area contributed by atoms with E-state index in [4.69, 9.17) is 5.73 Å². The van der Waals surface area contributed by atoms with Gasteiger partial charge in [0.05, 0.1) is 5.71 Å². The fourth-order valence-electron chi connectivity index (χ4n) is 3.25. The lowest BCUT2D eigenvalue weighted by Gasteiger charge is -2.34. The first-order valence-corrected chi connectivity index (χ1v) is 8.62. The van der Waals surface area contributed by atoms with Crippen molar-refractivity contribution in [3.8, 4) is 0 Å². The van der Waals surface area contributed by atoms with Gasteiger partial charge >= 0.3 is 12.0 Å². The van der Waals surface area contributed by atoms with E-state index in [0.717, 1.165) is 12.1 Å². The summed E-state index contributed by atoms with van der Waals surface area (Å²) >= 11 is 0. The number of rotatable bonds is 5. The summed E-state index contributed by atoms with van der Waals surface area (Å²) < 4.78 is 1.77. The van der Waals surface area contributed by atoms with Gasteiger partial charge in [-0.2, -0.15) is 0 Å². The van der Waals surface area contributed by atoms with Crippen molar-refractivity contribution < 1.29 is 19.0 Å². The number of nitrogens with two attached hydrogens (primary N) is 1. The molecule has 3 aliphatic rings. The third kappa shape index (κ3) is 2.95. The highest BCUT2D eigenvalue weighted by atomic mass is 16.2. The lowest BCUT2D eigenvalue weighted by molar-refractivity contribution is -0.527. The average Bonchev–Trinajstić information content (AvgIpc) is 2.91. The molecule has 10 nitrogen and oxygen atoms in total. The summed E-state index contributed by atoms with van der Waals surface area (Å²) in [6, 6.07) is -1.08. The van der Waals surface area contributed by atoms with Gasteiger partial charge in [-0.3, -0.25) is 19.4 Å². The van der Waals surface area contributed by atoms with Crippen molar-refractivity contribution in [3.63, 3.8) is 0 Å². The lowest BCUT2D eigenvalue weighted by Crippen LogP contribution is -2.63. The molecule has 3 heterocycles. The number of likely N-dealkylation sites (N-methyl/N-ethyl adjacent to an activating group) is 1. The number of primary amides is 1. The number of urea groups is 1. The molecule has 0 aromatic heterocycles. The molecule has 0 bridgehead atoms. The van der Waals surface area contributed by atoms with Crippen LogP contribution in [0.1, 0.15) is 27.2 Å². The Hall–Kier alpha value is -2.78. The van der Waals surface area contributed by atoms with Gasteiger partial charge in [-0.05, 0) is 19.3 Å². The summed E-state index contributed by atoms with van der Waals surface area (Å²) in [6.45, 7) is 6.52. The number of amidine groups is 1. The smallest absolute Gasteiger partial charge is 0.367 e. The first kappa shape index (κ1) is 18.0. The van der Waals surface area contributed by atoms with Crippen LogP contribution in [-0.4, -0.2) is 87.5 Å². The monoisotopic (exact) mass is 362 g/mol. The standard InChI is InChI=1S/C16H23N7O3/c1-9(2)5-6-21-14(25)12-13(20(4)16(21)26)18-15-22(12)7-10(3)19-23(15)8-11(17)24/h9,12H,5-8H2,1-4H3,(H-,17,24)/p+1. The van der Waals surface area contributed by atoms with Crippen molar-refractivity contribution in [2.75, 3.05) is 26.7 Å². The molecule has 140 valence electrons. The second kappa shape index (κ2) is 6.50. The number of imide groups is 1. The van der Waals surface area contributed by atoms with Crippen LogP contribution < -0.4 is 5.73 Å². The highest BCUT2D eigenvalue weighted by molar-refractivity contribution is 6.23. The van der Waals surface area contributed by atoms with E-state index in [1.807, 2.05) is 20.8 Å². The maximum absolute atomic E-state index is 13.1. The Morgan fingerprint density at radius 2 is 2.08 bits per heavy atom. The first-order chi connectivity index (χ1) is 12.2. The van der Waals surface area contributed by atoms with Crippen molar-refractivity contribution in [2.24, 2.45) is 21.7 Å². The van der Waals surface area contributed by atoms with Crippen molar-refractivity contribution in [1.29, 1.82) is 0 Å². The third-order valence-corrected chi connectivity index (χ3v) is 4.55. The summed E-state index contributed by atoms with van der Waals surface area (Å²) in [6.07, 6.45) is 0.732. The van der Waals surface area contributed by atoms with Gasteiger partial charge in [0, 0.05) is 13.6 Å². The highest BCUT2D eigenvalue weighted by Crippen LogP contribution is 2.23. The second-order valence-corrected chi connectivity index (χ2v) is 7.17. The number of hydrazone groups is 1. The Labute approximate surface area is 151 Å². The molecule has 1 unspecified atom stereocenters. The van der Waals surface area contributed by atoms with E-state index >= 15 is 0 Å². The van der Waals surface area contributed by atoms with Crippen LogP contribution in [0, 0.1) is 5.92 Å². The molecule has 0 saturated carbocycles. The molecule has 3 rings (SSSR count). The quantitative estimate of drug-likeness (QED) is 0.648. The maximum Gasteiger partial charge on any atom is 0.417 e.